The summed E-state index contributed by atoms with van der Waals surface area (Å²) in [6.07, 6.45) is 2.45. The van der Waals surface area contributed by atoms with Crippen LogP contribution in [-0.4, -0.2) is 23.9 Å². The smallest absolute Gasteiger partial charge is 0.226 e. The van der Waals surface area contributed by atoms with Gasteiger partial charge in [0.1, 0.15) is 0 Å². The average molecular weight is 348 g/mol. The van der Waals surface area contributed by atoms with Crippen molar-refractivity contribution in [3.63, 3.8) is 0 Å². The molecule has 120 valence electrons. The number of hydrogen-bond acceptors (Lipinski definition) is 1. The summed E-state index contributed by atoms with van der Waals surface area (Å²) in [6, 6.07) is 15.9. The van der Waals surface area contributed by atoms with E-state index in [2.05, 4.69) is 12.1 Å². The van der Waals surface area contributed by atoms with E-state index in [1.807, 2.05) is 35.2 Å². The Morgan fingerprint density at radius 3 is 2.61 bits per heavy atom. The van der Waals surface area contributed by atoms with E-state index in [4.69, 9.17) is 23.2 Å². The first-order chi connectivity index (χ1) is 11.1. The van der Waals surface area contributed by atoms with Crippen molar-refractivity contribution < 1.29 is 4.79 Å². The Morgan fingerprint density at radius 2 is 1.83 bits per heavy atom. The monoisotopic (exact) mass is 347 g/mol. The molecule has 0 bridgehead atoms. The molecule has 0 radical (unpaired) electrons. The lowest BCUT2D eigenvalue weighted by atomic mass is 9.98. The van der Waals surface area contributed by atoms with Gasteiger partial charge in [-0.3, -0.25) is 4.79 Å². The molecule has 0 aromatic heterocycles. The van der Waals surface area contributed by atoms with Gasteiger partial charge in [0.15, 0.2) is 0 Å². The normalized spacial score (nSPS) is 17.7. The third-order valence-electron chi connectivity index (χ3n) is 4.42. The molecule has 3 rings (SSSR count). The highest BCUT2D eigenvalue weighted by molar-refractivity contribution is 6.42. The minimum absolute atomic E-state index is 0.0155. The summed E-state index contributed by atoms with van der Waals surface area (Å²) >= 11 is 12.3. The lowest BCUT2D eigenvalue weighted by molar-refractivity contribution is -0.130. The molecular formula is C19H19Cl2NO. The number of benzene rings is 2. The molecule has 1 aliphatic heterocycles. The van der Waals surface area contributed by atoms with Gasteiger partial charge in [-0.1, -0.05) is 65.7 Å². The Morgan fingerprint density at radius 1 is 1.04 bits per heavy atom. The van der Waals surface area contributed by atoms with Crippen molar-refractivity contribution in [2.24, 2.45) is 5.92 Å². The zero-order valence-corrected chi connectivity index (χ0v) is 14.4. The van der Waals surface area contributed by atoms with Crippen molar-refractivity contribution in [3.8, 4) is 0 Å². The van der Waals surface area contributed by atoms with E-state index in [0.717, 1.165) is 31.5 Å². The Labute approximate surface area is 147 Å². The molecule has 1 fully saturated rings. The molecule has 2 aromatic carbocycles. The summed E-state index contributed by atoms with van der Waals surface area (Å²) in [4.78, 5) is 14.5. The molecule has 2 aromatic rings. The van der Waals surface area contributed by atoms with Crippen LogP contribution in [0.3, 0.4) is 0 Å². The van der Waals surface area contributed by atoms with Gasteiger partial charge < -0.3 is 4.90 Å². The van der Waals surface area contributed by atoms with Crippen molar-refractivity contribution in [2.45, 2.75) is 19.3 Å². The Balaban J connectivity index is 1.59. The fourth-order valence-electron chi connectivity index (χ4n) is 3.10. The van der Waals surface area contributed by atoms with Gasteiger partial charge >= 0.3 is 0 Å². The molecule has 23 heavy (non-hydrogen) atoms. The average Bonchev–Trinajstić information content (AvgIpc) is 2.91. The fraction of sp³-hybridized carbons (Fsp3) is 0.316. The highest BCUT2D eigenvalue weighted by atomic mass is 35.5. The summed E-state index contributed by atoms with van der Waals surface area (Å²) in [5.74, 6) is 0.249. The first-order valence-electron chi connectivity index (χ1n) is 7.91. The first kappa shape index (κ1) is 16.4. The maximum Gasteiger partial charge on any atom is 0.226 e. The maximum atomic E-state index is 12.6. The SMILES string of the molecule is O=C1C(Cc2cccc(Cl)c2Cl)CCN1CCc1ccccc1. The topological polar surface area (TPSA) is 20.3 Å². The summed E-state index contributed by atoms with van der Waals surface area (Å²) in [5, 5.41) is 1.13. The van der Waals surface area contributed by atoms with E-state index < -0.39 is 0 Å². The molecule has 1 unspecified atom stereocenters. The van der Waals surface area contributed by atoms with Gasteiger partial charge in [0.05, 0.1) is 10.0 Å². The minimum atomic E-state index is 0.0155. The van der Waals surface area contributed by atoms with Crippen LogP contribution < -0.4 is 0 Å². The number of nitrogens with zero attached hydrogens (tertiary/aromatic N) is 1. The van der Waals surface area contributed by atoms with Gasteiger partial charge in [-0.2, -0.15) is 0 Å². The standard InChI is InChI=1S/C19H19Cl2NO/c20-17-8-4-7-15(18(17)21)13-16-10-12-22(19(16)23)11-9-14-5-2-1-3-6-14/h1-8,16H,9-13H2. The number of rotatable bonds is 5. The third kappa shape index (κ3) is 3.88. The van der Waals surface area contributed by atoms with Crippen molar-refractivity contribution in [3.05, 3.63) is 69.7 Å². The van der Waals surface area contributed by atoms with Crippen LogP contribution in [-0.2, 0) is 17.6 Å². The van der Waals surface area contributed by atoms with Crippen LogP contribution in [0.1, 0.15) is 17.5 Å². The van der Waals surface area contributed by atoms with Gasteiger partial charge in [-0.25, -0.2) is 0 Å². The maximum absolute atomic E-state index is 12.6. The van der Waals surface area contributed by atoms with Gasteiger partial charge in [-0.05, 0) is 36.5 Å². The lowest BCUT2D eigenvalue weighted by Crippen LogP contribution is -2.30. The van der Waals surface area contributed by atoms with E-state index in [9.17, 15) is 4.79 Å². The van der Waals surface area contributed by atoms with Crippen LogP contribution in [0.25, 0.3) is 0 Å². The molecule has 2 nitrogen and oxygen atoms in total. The predicted octanol–water partition coefficient (Wildman–Crippen LogP) is 4.63. The summed E-state index contributed by atoms with van der Waals surface area (Å²) in [6.45, 7) is 1.61. The largest absolute Gasteiger partial charge is 0.342 e. The van der Waals surface area contributed by atoms with Crippen LogP contribution in [0, 0.1) is 5.92 Å². The van der Waals surface area contributed by atoms with Gasteiger partial charge in [-0.15, -0.1) is 0 Å². The van der Waals surface area contributed by atoms with Crippen molar-refractivity contribution in [2.75, 3.05) is 13.1 Å². The number of carbonyl (C=O) groups is 1. The number of amides is 1. The highest BCUT2D eigenvalue weighted by Crippen LogP contribution is 2.30. The van der Waals surface area contributed by atoms with E-state index >= 15 is 0 Å². The van der Waals surface area contributed by atoms with Crippen molar-refractivity contribution in [1.29, 1.82) is 0 Å². The van der Waals surface area contributed by atoms with Crippen LogP contribution in [0.15, 0.2) is 48.5 Å². The highest BCUT2D eigenvalue weighted by Gasteiger charge is 2.31. The lowest BCUT2D eigenvalue weighted by Gasteiger charge is -2.17. The molecule has 0 aliphatic carbocycles. The van der Waals surface area contributed by atoms with Crippen LogP contribution in [0.2, 0.25) is 10.0 Å². The molecule has 1 saturated heterocycles. The number of likely N-dealkylation sites (tertiary alicyclic amines) is 1. The van der Waals surface area contributed by atoms with Crippen LogP contribution in [0.4, 0.5) is 0 Å². The van der Waals surface area contributed by atoms with Crippen molar-refractivity contribution >= 4 is 29.1 Å². The van der Waals surface area contributed by atoms with Gasteiger partial charge in [0, 0.05) is 19.0 Å². The summed E-state index contributed by atoms with van der Waals surface area (Å²) in [5.41, 5.74) is 2.23. The molecule has 1 aliphatic rings. The predicted molar refractivity (Wildman–Crippen MR) is 95.0 cm³/mol. The van der Waals surface area contributed by atoms with Gasteiger partial charge in [0.25, 0.3) is 0 Å². The fourth-order valence-corrected chi connectivity index (χ4v) is 3.49. The van der Waals surface area contributed by atoms with Crippen LogP contribution >= 0.6 is 23.2 Å². The molecule has 1 heterocycles. The second-order valence-electron chi connectivity index (χ2n) is 5.96. The minimum Gasteiger partial charge on any atom is -0.342 e. The third-order valence-corrected chi connectivity index (χ3v) is 5.28. The van der Waals surface area contributed by atoms with Gasteiger partial charge in [0.2, 0.25) is 5.91 Å². The molecule has 0 N–H and O–H groups in total. The zero-order chi connectivity index (χ0) is 16.2. The number of halogens is 2. The Hall–Kier alpha value is -1.51. The summed E-state index contributed by atoms with van der Waals surface area (Å²) < 4.78 is 0. The van der Waals surface area contributed by atoms with Crippen LogP contribution in [0.5, 0.6) is 0 Å². The summed E-state index contributed by atoms with van der Waals surface area (Å²) in [7, 11) is 0. The molecular weight excluding hydrogens is 329 g/mol. The van der Waals surface area contributed by atoms with Crippen molar-refractivity contribution in [1.82, 2.24) is 4.90 Å². The van der Waals surface area contributed by atoms with E-state index in [1.165, 1.54) is 5.56 Å². The molecule has 1 amide bonds. The second kappa shape index (κ2) is 7.37. The number of hydrogen-bond donors (Lipinski definition) is 0. The quantitative estimate of drug-likeness (QED) is 0.772. The molecule has 0 spiro atoms. The van der Waals surface area contributed by atoms with E-state index in [1.54, 1.807) is 6.07 Å². The van der Waals surface area contributed by atoms with E-state index in [-0.39, 0.29) is 11.8 Å². The number of carbonyl (C=O) groups excluding carboxylic acids is 1. The Bertz CT molecular complexity index is 687. The second-order valence-corrected chi connectivity index (χ2v) is 6.75. The van der Waals surface area contributed by atoms with E-state index in [0.29, 0.717) is 16.5 Å². The molecule has 4 heteroatoms. The Kier molecular flexibility index (Phi) is 5.24. The zero-order valence-electron chi connectivity index (χ0n) is 12.8. The molecule has 1 atom stereocenters. The molecule has 0 saturated carbocycles. The first-order valence-corrected chi connectivity index (χ1v) is 8.66.